The quantitative estimate of drug-likeness (QED) is 0.364. The number of ether oxygens (including phenoxy) is 2. The van der Waals surface area contributed by atoms with Gasteiger partial charge in [-0.15, -0.1) is 0 Å². The molecule has 0 amide bonds. The lowest BCUT2D eigenvalue weighted by atomic mass is 9.90. The predicted octanol–water partition coefficient (Wildman–Crippen LogP) is 3.04. The molecular formula is C28H37N5O4. The number of morpholine rings is 1. The fourth-order valence-electron chi connectivity index (χ4n) is 4.03. The van der Waals surface area contributed by atoms with Gasteiger partial charge in [-0.3, -0.25) is 9.79 Å². The van der Waals surface area contributed by atoms with Crippen molar-refractivity contribution in [2.45, 2.75) is 13.3 Å². The van der Waals surface area contributed by atoms with Gasteiger partial charge in [-0.25, -0.2) is 4.99 Å². The molecule has 3 rings (SSSR count). The second kappa shape index (κ2) is 14.8. The van der Waals surface area contributed by atoms with Crippen LogP contribution in [0.5, 0.6) is 0 Å². The topological polar surface area (TPSA) is 113 Å². The first kappa shape index (κ1) is 27.9. The van der Waals surface area contributed by atoms with Gasteiger partial charge < -0.3 is 30.1 Å². The van der Waals surface area contributed by atoms with Crippen molar-refractivity contribution in [1.82, 2.24) is 9.80 Å². The summed E-state index contributed by atoms with van der Waals surface area (Å²) in [6.07, 6.45) is 19.2. The Balaban J connectivity index is 1.81. The Morgan fingerprint density at radius 2 is 1.95 bits per heavy atom. The third-order valence-electron chi connectivity index (χ3n) is 6.02. The molecule has 0 aromatic rings. The maximum atomic E-state index is 10.9. The molecule has 2 aliphatic heterocycles. The molecule has 2 heterocycles. The molecule has 0 radical (unpaired) electrons. The Labute approximate surface area is 219 Å². The van der Waals surface area contributed by atoms with Crippen LogP contribution in [0.15, 0.2) is 93.6 Å². The summed E-state index contributed by atoms with van der Waals surface area (Å²) in [6, 6.07) is 0. The summed E-state index contributed by atoms with van der Waals surface area (Å²) >= 11 is 0. The van der Waals surface area contributed by atoms with Crippen molar-refractivity contribution in [3.8, 4) is 0 Å². The van der Waals surface area contributed by atoms with Gasteiger partial charge in [0.15, 0.2) is 0 Å². The number of carboxylic acid groups (broad SMARTS) is 1. The van der Waals surface area contributed by atoms with E-state index in [9.17, 15) is 4.79 Å². The van der Waals surface area contributed by atoms with Crippen molar-refractivity contribution >= 4 is 18.6 Å². The SMILES string of the molecule is C=N/C(=C\C(=N/CC)OC1=C/C(N)=C\C=C\C=C\C=C(C2CN(CCC(=O)O)C2)/C=C\1)N1CCOCC1. The van der Waals surface area contributed by atoms with Crippen molar-refractivity contribution in [3.05, 3.63) is 83.6 Å². The first-order valence-electron chi connectivity index (χ1n) is 12.6. The summed E-state index contributed by atoms with van der Waals surface area (Å²) in [6.45, 7) is 11.1. The number of carboxylic acids is 1. The first-order chi connectivity index (χ1) is 18.0. The summed E-state index contributed by atoms with van der Waals surface area (Å²) in [5.41, 5.74) is 7.89. The third kappa shape index (κ3) is 9.36. The average Bonchev–Trinajstić information content (AvgIpc) is 2.85. The van der Waals surface area contributed by atoms with Gasteiger partial charge in [0.05, 0.1) is 19.6 Å². The summed E-state index contributed by atoms with van der Waals surface area (Å²) < 4.78 is 11.7. The summed E-state index contributed by atoms with van der Waals surface area (Å²) in [5.74, 6) is 1.16. The van der Waals surface area contributed by atoms with Crippen LogP contribution in [0, 0.1) is 5.92 Å². The summed E-state index contributed by atoms with van der Waals surface area (Å²) in [4.78, 5) is 23.8. The molecule has 37 heavy (non-hydrogen) atoms. The number of aliphatic carboxylic acids is 1. The van der Waals surface area contributed by atoms with E-state index in [4.69, 9.17) is 20.3 Å². The number of hydrogen-bond donors (Lipinski definition) is 2. The number of nitrogens with zero attached hydrogens (tertiary/aromatic N) is 4. The zero-order chi connectivity index (χ0) is 26.5. The number of hydrogen-bond acceptors (Lipinski definition) is 8. The van der Waals surface area contributed by atoms with Crippen molar-refractivity contribution in [2.75, 3.05) is 52.5 Å². The molecule has 0 aromatic carbocycles. The fraction of sp³-hybridized carbons (Fsp3) is 0.393. The molecule has 0 aromatic heterocycles. The van der Waals surface area contributed by atoms with Gasteiger partial charge in [-0.05, 0) is 31.4 Å². The van der Waals surface area contributed by atoms with Crippen LogP contribution in [0.2, 0.25) is 0 Å². The molecule has 0 saturated carbocycles. The van der Waals surface area contributed by atoms with E-state index >= 15 is 0 Å². The summed E-state index contributed by atoms with van der Waals surface area (Å²) in [5, 5.41) is 8.95. The highest BCUT2D eigenvalue weighted by Crippen LogP contribution is 2.26. The monoisotopic (exact) mass is 507 g/mol. The molecular weight excluding hydrogens is 470 g/mol. The minimum absolute atomic E-state index is 0.151. The molecule has 0 atom stereocenters. The largest absolute Gasteiger partial charge is 0.481 e. The number of rotatable bonds is 9. The van der Waals surface area contributed by atoms with E-state index in [1.54, 1.807) is 18.2 Å². The number of likely N-dealkylation sites (tertiary alicyclic amines) is 1. The maximum absolute atomic E-state index is 10.9. The molecule has 2 fully saturated rings. The van der Waals surface area contributed by atoms with Crippen LogP contribution < -0.4 is 5.73 Å². The van der Waals surface area contributed by atoms with Gasteiger partial charge in [0, 0.05) is 63.0 Å². The molecule has 9 heteroatoms. The Bertz CT molecular complexity index is 1050. The van der Waals surface area contributed by atoms with Crippen LogP contribution in [0.4, 0.5) is 0 Å². The minimum atomic E-state index is -0.775. The van der Waals surface area contributed by atoms with E-state index in [2.05, 4.69) is 32.6 Å². The molecule has 0 bridgehead atoms. The molecule has 0 unspecified atom stereocenters. The van der Waals surface area contributed by atoms with Gasteiger partial charge >= 0.3 is 5.97 Å². The van der Waals surface area contributed by atoms with Gasteiger partial charge in [0.25, 0.3) is 0 Å². The molecule has 3 aliphatic rings. The Kier molecular flexibility index (Phi) is 11.1. The van der Waals surface area contributed by atoms with Crippen molar-refractivity contribution in [3.63, 3.8) is 0 Å². The lowest BCUT2D eigenvalue weighted by Crippen LogP contribution is -2.47. The lowest BCUT2D eigenvalue weighted by molar-refractivity contribution is -0.137. The minimum Gasteiger partial charge on any atom is -0.481 e. The second-order valence-electron chi connectivity index (χ2n) is 8.76. The average molecular weight is 508 g/mol. The number of carbonyl (C=O) groups is 1. The Hall–Kier alpha value is -3.69. The highest BCUT2D eigenvalue weighted by atomic mass is 16.5. The van der Waals surface area contributed by atoms with E-state index in [0.29, 0.717) is 55.4 Å². The predicted molar refractivity (Wildman–Crippen MR) is 147 cm³/mol. The molecule has 9 nitrogen and oxygen atoms in total. The van der Waals surface area contributed by atoms with Crippen LogP contribution >= 0.6 is 0 Å². The fourth-order valence-corrected chi connectivity index (χ4v) is 4.03. The van der Waals surface area contributed by atoms with Crippen LogP contribution in [0.3, 0.4) is 0 Å². The van der Waals surface area contributed by atoms with Crippen LogP contribution in [-0.2, 0) is 14.3 Å². The van der Waals surface area contributed by atoms with Gasteiger partial charge in [-0.2, -0.15) is 0 Å². The van der Waals surface area contributed by atoms with Gasteiger partial charge in [0.2, 0.25) is 5.90 Å². The zero-order valence-electron chi connectivity index (χ0n) is 21.5. The number of nitrogens with two attached hydrogens (primary N) is 1. The molecule has 1 aliphatic carbocycles. The smallest absolute Gasteiger partial charge is 0.304 e. The van der Waals surface area contributed by atoms with Crippen LogP contribution in [0.25, 0.3) is 0 Å². The highest BCUT2D eigenvalue weighted by Gasteiger charge is 2.28. The molecule has 2 saturated heterocycles. The van der Waals surface area contributed by atoms with Crippen molar-refractivity contribution in [2.24, 2.45) is 21.6 Å². The van der Waals surface area contributed by atoms with E-state index < -0.39 is 5.97 Å². The molecule has 198 valence electrons. The molecule has 3 N–H and O–H groups in total. The Morgan fingerprint density at radius 1 is 1.22 bits per heavy atom. The lowest BCUT2D eigenvalue weighted by Gasteiger charge is -2.39. The standard InChI is InChI=1S/C28H37N5O4/c1-3-31-27(19-26(30-2)33-14-16-36-17-15-33)37-25-11-10-22(8-6-4-5-7-9-24(29)18-25)23-20-32(21-23)13-12-28(34)35/h4-11,18-19,23H,2-3,12-17,20-21,29H2,1H3,(H,34,35)/b5-4?,6-4+,7-5+,8-6?,9-7?,11-10-,22-8+,22-10?,24-9+,24-18?,25-11?,25-18+,26-19+,31-27+. The third-order valence-corrected chi connectivity index (χ3v) is 6.02. The normalized spacial score (nSPS) is 27.1. The zero-order valence-corrected chi connectivity index (χ0v) is 21.5. The first-order valence-corrected chi connectivity index (χ1v) is 12.6. The van der Waals surface area contributed by atoms with E-state index in [1.807, 2.05) is 43.4 Å². The Morgan fingerprint density at radius 3 is 2.62 bits per heavy atom. The number of allylic oxidation sites excluding steroid dienone is 9. The maximum Gasteiger partial charge on any atom is 0.304 e. The van der Waals surface area contributed by atoms with Gasteiger partial charge in [-0.1, -0.05) is 36.5 Å². The van der Waals surface area contributed by atoms with E-state index in [-0.39, 0.29) is 6.42 Å². The van der Waals surface area contributed by atoms with Gasteiger partial charge in [0.1, 0.15) is 11.6 Å². The molecule has 0 spiro atoms. The van der Waals surface area contributed by atoms with E-state index in [1.165, 1.54) is 0 Å². The highest BCUT2D eigenvalue weighted by molar-refractivity contribution is 5.89. The van der Waals surface area contributed by atoms with Crippen LogP contribution in [0.1, 0.15) is 13.3 Å². The van der Waals surface area contributed by atoms with Crippen LogP contribution in [-0.4, -0.2) is 86.0 Å². The van der Waals surface area contributed by atoms with Crippen molar-refractivity contribution < 1.29 is 19.4 Å². The van der Waals surface area contributed by atoms with E-state index in [0.717, 1.165) is 31.8 Å². The second-order valence-corrected chi connectivity index (χ2v) is 8.76. The summed E-state index contributed by atoms with van der Waals surface area (Å²) in [7, 11) is 0. The van der Waals surface area contributed by atoms with Crippen molar-refractivity contribution in [1.29, 1.82) is 0 Å². The number of aliphatic imine (C=N–C) groups is 2.